The Hall–Kier alpha value is -1.79. The summed E-state index contributed by atoms with van der Waals surface area (Å²) in [6.45, 7) is 8.12. The molecule has 0 radical (unpaired) electrons. The van der Waals surface area contributed by atoms with Crippen molar-refractivity contribution in [1.29, 1.82) is 0 Å². The number of rotatable bonds is 10. The van der Waals surface area contributed by atoms with Crippen LogP contribution in [0.15, 0.2) is 12.2 Å². The molecule has 1 saturated heterocycles. The van der Waals surface area contributed by atoms with Crippen molar-refractivity contribution in [1.82, 2.24) is 4.90 Å². The molecule has 1 fully saturated rings. The molecule has 2 aliphatic heterocycles. The fraction of sp³-hybridized carbons (Fsp3) is 0.696. The number of alkyl halides is 2. The zero-order valence-electron chi connectivity index (χ0n) is 20.6. The van der Waals surface area contributed by atoms with Crippen molar-refractivity contribution >= 4 is 61.6 Å². The van der Waals surface area contributed by atoms with Crippen LogP contribution in [0.3, 0.4) is 0 Å². The van der Waals surface area contributed by atoms with E-state index in [9.17, 15) is 24.0 Å². The van der Waals surface area contributed by atoms with E-state index in [4.69, 9.17) is 18.9 Å². The van der Waals surface area contributed by atoms with E-state index < -0.39 is 75.1 Å². The molecular formula is C23H31Br2NO9. The van der Waals surface area contributed by atoms with Crippen LogP contribution in [0.25, 0.3) is 0 Å². The molecule has 12 heteroatoms. The number of carbonyl (C=O) groups excluding carboxylic acids is 5. The summed E-state index contributed by atoms with van der Waals surface area (Å²) >= 11 is 6.39. The maximum atomic E-state index is 13.0. The number of fused-ring (bicyclic) bond motifs is 2. The van der Waals surface area contributed by atoms with E-state index in [1.165, 1.54) is 6.92 Å². The predicted molar refractivity (Wildman–Crippen MR) is 131 cm³/mol. The summed E-state index contributed by atoms with van der Waals surface area (Å²) in [7, 11) is 0. The van der Waals surface area contributed by atoms with Gasteiger partial charge >= 0.3 is 17.9 Å². The highest BCUT2D eigenvalue weighted by atomic mass is 79.9. The molecule has 2 amide bonds. The molecular weight excluding hydrogens is 594 g/mol. The van der Waals surface area contributed by atoms with Gasteiger partial charge in [0, 0.05) is 0 Å². The quantitative estimate of drug-likeness (QED) is 0.118. The summed E-state index contributed by atoms with van der Waals surface area (Å²) in [4.78, 5) is 63.8. The standard InChI is InChI=1S/C23H31Br2NO9/c1-13-14-7-8-15(35-14)17(28)26(16(13)27)9-10-32-20(31)23(6,11-33-18(29)21(2,3)24)12-34-19(30)22(4,5)25/h7-8,13-15H,9-12H2,1-6H3/t13-,14?,15?/m0/s1. The number of nitrogens with zero attached hydrogens (tertiary/aromatic N) is 1. The highest BCUT2D eigenvalue weighted by Gasteiger charge is 2.44. The summed E-state index contributed by atoms with van der Waals surface area (Å²) < 4.78 is 19.5. The lowest BCUT2D eigenvalue weighted by Gasteiger charge is -2.29. The average Bonchev–Trinajstić information content (AvgIpc) is 3.23. The number of amides is 2. The monoisotopic (exact) mass is 623 g/mol. The summed E-state index contributed by atoms with van der Waals surface area (Å²) in [6.07, 6.45) is 1.97. The number of esters is 3. The minimum atomic E-state index is -1.53. The fourth-order valence-corrected chi connectivity index (χ4v) is 3.35. The van der Waals surface area contributed by atoms with Gasteiger partial charge < -0.3 is 18.9 Å². The Kier molecular flexibility index (Phi) is 9.32. The molecule has 0 N–H and O–H groups in total. The Labute approximate surface area is 221 Å². The van der Waals surface area contributed by atoms with Crippen molar-refractivity contribution in [2.45, 2.75) is 62.4 Å². The lowest BCUT2D eigenvalue weighted by Crippen LogP contribution is -2.46. The maximum Gasteiger partial charge on any atom is 0.322 e. The summed E-state index contributed by atoms with van der Waals surface area (Å²) in [5.74, 6) is -3.59. The van der Waals surface area contributed by atoms with Crippen LogP contribution in [0.5, 0.6) is 0 Å². The van der Waals surface area contributed by atoms with Gasteiger partial charge in [0.05, 0.1) is 18.6 Å². The van der Waals surface area contributed by atoms with Crippen molar-refractivity contribution in [2.24, 2.45) is 11.3 Å². The molecule has 3 atom stereocenters. The Morgan fingerprint density at radius 1 is 0.886 bits per heavy atom. The van der Waals surface area contributed by atoms with E-state index in [1.807, 2.05) is 0 Å². The Balaban J connectivity index is 2.07. The van der Waals surface area contributed by atoms with Gasteiger partial charge in [-0.25, -0.2) is 0 Å². The first kappa shape index (κ1) is 29.4. The van der Waals surface area contributed by atoms with Crippen LogP contribution in [-0.2, 0) is 42.9 Å². The number of ether oxygens (including phenoxy) is 4. The molecule has 0 aromatic rings. The van der Waals surface area contributed by atoms with Crippen molar-refractivity contribution in [3.05, 3.63) is 12.2 Å². The van der Waals surface area contributed by atoms with E-state index >= 15 is 0 Å². The van der Waals surface area contributed by atoms with Crippen LogP contribution < -0.4 is 0 Å². The molecule has 2 heterocycles. The van der Waals surface area contributed by atoms with Gasteiger partial charge in [0.25, 0.3) is 5.91 Å². The lowest BCUT2D eigenvalue weighted by molar-refractivity contribution is -0.172. The third-order valence-electron chi connectivity index (χ3n) is 5.49. The van der Waals surface area contributed by atoms with Crippen molar-refractivity contribution in [3.8, 4) is 0 Å². The second-order valence-electron chi connectivity index (χ2n) is 9.82. The third kappa shape index (κ3) is 7.36. The van der Waals surface area contributed by atoms with Gasteiger partial charge in [0.15, 0.2) is 6.10 Å². The Morgan fingerprint density at radius 2 is 1.40 bits per heavy atom. The van der Waals surface area contributed by atoms with Crippen LogP contribution in [0.4, 0.5) is 0 Å². The topological polar surface area (TPSA) is 126 Å². The van der Waals surface area contributed by atoms with Crippen LogP contribution >= 0.6 is 31.9 Å². The minimum Gasteiger partial charge on any atom is -0.463 e. The van der Waals surface area contributed by atoms with E-state index in [0.29, 0.717) is 0 Å². The first-order chi connectivity index (χ1) is 16.0. The molecule has 0 aliphatic carbocycles. The fourth-order valence-electron chi connectivity index (χ4n) is 3.12. The van der Waals surface area contributed by atoms with Crippen molar-refractivity contribution in [3.63, 3.8) is 0 Å². The van der Waals surface area contributed by atoms with E-state index in [1.54, 1.807) is 46.8 Å². The van der Waals surface area contributed by atoms with Gasteiger partial charge in [0.2, 0.25) is 5.91 Å². The maximum absolute atomic E-state index is 13.0. The zero-order valence-corrected chi connectivity index (χ0v) is 23.8. The Bertz CT molecular complexity index is 874. The number of halogens is 2. The van der Waals surface area contributed by atoms with Gasteiger partial charge in [-0.15, -0.1) is 0 Å². The predicted octanol–water partition coefficient (Wildman–Crippen LogP) is 2.30. The number of carbonyl (C=O) groups is 5. The molecule has 196 valence electrons. The number of imide groups is 1. The highest BCUT2D eigenvalue weighted by Crippen LogP contribution is 2.28. The van der Waals surface area contributed by atoms with Gasteiger partial charge in [-0.05, 0) is 40.7 Å². The molecule has 0 spiro atoms. The van der Waals surface area contributed by atoms with Gasteiger partial charge in [-0.2, -0.15) is 0 Å². The normalized spacial score (nSPS) is 22.6. The highest BCUT2D eigenvalue weighted by molar-refractivity contribution is 9.10. The first-order valence-corrected chi connectivity index (χ1v) is 12.6. The molecule has 0 aromatic heterocycles. The second kappa shape index (κ2) is 11.1. The largest absolute Gasteiger partial charge is 0.463 e. The molecule has 10 nitrogen and oxygen atoms in total. The SMILES string of the molecule is C[C@@H]1C(=O)N(CCOC(=O)C(C)(COC(=O)C(C)(C)Br)COC(=O)C(C)(C)Br)C(=O)C2C=CC1O2. The van der Waals surface area contributed by atoms with Crippen molar-refractivity contribution in [2.75, 3.05) is 26.4 Å². The molecule has 2 rings (SSSR count). The molecule has 2 aliphatic rings. The number of hydrogen-bond donors (Lipinski definition) is 0. The Morgan fingerprint density at radius 3 is 1.89 bits per heavy atom. The van der Waals surface area contributed by atoms with Gasteiger partial charge in [0.1, 0.15) is 33.9 Å². The van der Waals surface area contributed by atoms with Crippen LogP contribution in [-0.4, -0.2) is 81.8 Å². The van der Waals surface area contributed by atoms with E-state index in [2.05, 4.69) is 31.9 Å². The first-order valence-electron chi connectivity index (χ1n) is 11.1. The average molecular weight is 625 g/mol. The van der Waals surface area contributed by atoms with Crippen molar-refractivity contribution < 1.29 is 42.9 Å². The lowest BCUT2D eigenvalue weighted by atomic mass is 9.93. The molecule has 2 unspecified atom stereocenters. The molecule has 0 aromatic carbocycles. The molecule has 35 heavy (non-hydrogen) atoms. The molecule has 0 saturated carbocycles. The van der Waals surface area contributed by atoms with Gasteiger partial charge in [-0.3, -0.25) is 28.9 Å². The summed E-state index contributed by atoms with van der Waals surface area (Å²) in [5.41, 5.74) is -1.53. The van der Waals surface area contributed by atoms with Gasteiger partial charge in [-0.1, -0.05) is 44.9 Å². The minimum absolute atomic E-state index is 0.174. The van der Waals surface area contributed by atoms with Crippen LogP contribution in [0, 0.1) is 11.3 Å². The zero-order chi connectivity index (χ0) is 26.8. The summed E-state index contributed by atoms with van der Waals surface area (Å²) in [5, 5.41) is 0. The smallest absolute Gasteiger partial charge is 0.322 e. The molecule has 2 bridgehead atoms. The number of hydrogen-bond acceptors (Lipinski definition) is 9. The third-order valence-corrected chi connectivity index (χ3v) is 6.14. The van der Waals surface area contributed by atoms with Crippen LogP contribution in [0.1, 0.15) is 41.5 Å². The summed E-state index contributed by atoms with van der Waals surface area (Å²) in [6, 6.07) is 0. The van der Waals surface area contributed by atoms with Crippen LogP contribution in [0.2, 0.25) is 0 Å². The van der Waals surface area contributed by atoms with E-state index in [0.717, 1.165) is 4.90 Å². The van der Waals surface area contributed by atoms with E-state index in [-0.39, 0.29) is 13.2 Å². The second-order valence-corrected chi connectivity index (χ2v) is 13.8.